The molecule has 1 amide bonds. The van der Waals surface area contributed by atoms with E-state index in [2.05, 4.69) is 21.2 Å². The molecule has 0 spiro atoms. The number of thiophene rings is 1. The van der Waals surface area contributed by atoms with Crippen LogP contribution in [0, 0.1) is 0 Å². The van der Waals surface area contributed by atoms with Gasteiger partial charge in [0.2, 0.25) is 10.0 Å². The van der Waals surface area contributed by atoms with Gasteiger partial charge in [0.1, 0.15) is 0 Å². The molecular formula is C18H17BrN2O3S2. The number of amides is 1. The first-order valence-electron chi connectivity index (χ1n) is 7.87. The number of carbonyl (C=O) groups excluding carboxylic acids is 1. The zero-order valence-corrected chi connectivity index (χ0v) is 17.4. The number of rotatable bonds is 5. The number of carbonyl (C=O) groups is 1. The van der Waals surface area contributed by atoms with Crippen LogP contribution in [0.2, 0.25) is 0 Å². The first kappa shape index (κ1) is 18.9. The van der Waals surface area contributed by atoms with Crippen LogP contribution in [0.15, 0.2) is 53.0 Å². The zero-order valence-electron chi connectivity index (χ0n) is 14.2. The van der Waals surface area contributed by atoms with Gasteiger partial charge in [-0.1, -0.05) is 15.9 Å². The lowest BCUT2D eigenvalue weighted by atomic mass is 10.2. The van der Waals surface area contributed by atoms with Gasteiger partial charge in [0.25, 0.3) is 5.91 Å². The van der Waals surface area contributed by atoms with Gasteiger partial charge in [-0.2, -0.15) is 0 Å². The highest BCUT2D eigenvalue weighted by molar-refractivity contribution is 9.10. The summed E-state index contributed by atoms with van der Waals surface area (Å²) in [6, 6.07) is 14.5. The molecule has 2 aromatic carbocycles. The fraction of sp³-hybridized carbons (Fsp3) is 0.167. The molecule has 0 saturated heterocycles. The van der Waals surface area contributed by atoms with Crippen molar-refractivity contribution >= 4 is 64.7 Å². The summed E-state index contributed by atoms with van der Waals surface area (Å²) in [7, 11) is -1.78. The molecule has 0 radical (unpaired) electrons. The highest BCUT2D eigenvalue weighted by Gasteiger charge is 2.17. The number of nitrogens with zero attached hydrogens (tertiary/aromatic N) is 1. The number of fused-ring (bicyclic) bond motifs is 1. The van der Waals surface area contributed by atoms with Gasteiger partial charge in [-0.25, -0.2) is 8.42 Å². The summed E-state index contributed by atoms with van der Waals surface area (Å²) >= 11 is 4.73. The van der Waals surface area contributed by atoms with Crippen molar-refractivity contribution in [3.8, 4) is 0 Å². The minimum Gasteiger partial charge on any atom is -0.321 e. The van der Waals surface area contributed by atoms with E-state index in [9.17, 15) is 13.2 Å². The molecular weight excluding hydrogens is 436 g/mol. The minimum absolute atomic E-state index is 0.0337. The van der Waals surface area contributed by atoms with Crippen molar-refractivity contribution in [1.82, 2.24) is 0 Å². The SMILES string of the molecule is CCS(=O)(=O)N(C)c1ccc2sc(C(=O)Nc3ccc(Br)cc3)cc2c1. The molecule has 0 atom stereocenters. The normalized spacial score (nSPS) is 11.5. The van der Waals surface area contributed by atoms with Gasteiger partial charge in [-0.05, 0) is 60.8 Å². The second-order valence-corrected chi connectivity index (χ2v) is 9.95. The molecule has 3 aromatic rings. The third-order valence-electron chi connectivity index (χ3n) is 3.97. The van der Waals surface area contributed by atoms with Gasteiger partial charge >= 0.3 is 0 Å². The molecule has 1 aromatic heterocycles. The molecule has 0 aliphatic carbocycles. The fourth-order valence-corrected chi connectivity index (χ4v) is 4.44. The van der Waals surface area contributed by atoms with Crippen molar-refractivity contribution in [3.63, 3.8) is 0 Å². The summed E-state index contributed by atoms with van der Waals surface area (Å²) in [6.07, 6.45) is 0. The van der Waals surface area contributed by atoms with Crippen molar-refractivity contribution in [2.24, 2.45) is 0 Å². The third kappa shape index (κ3) is 3.92. The largest absolute Gasteiger partial charge is 0.321 e. The van der Waals surface area contributed by atoms with E-state index >= 15 is 0 Å². The van der Waals surface area contributed by atoms with Gasteiger partial charge in [-0.3, -0.25) is 9.10 Å². The van der Waals surface area contributed by atoms with Gasteiger partial charge in [-0.15, -0.1) is 11.3 Å². The molecule has 0 aliphatic rings. The van der Waals surface area contributed by atoms with Crippen LogP contribution in [-0.4, -0.2) is 27.1 Å². The Morgan fingerprint density at radius 3 is 2.50 bits per heavy atom. The van der Waals surface area contributed by atoms with Crippen LogP contribution in [-0.2, 0) is 10.0 Å². The molecule has 0 fully saturated rings. The molecule has 0 aliphatic heterocycles. The summed E-state index contributed by atoms with van der Waals surface area (Å²) in [5, 5.41) is 3.70. The number of hydrogen-bond acceptors (Lipinski definition) is 4. The monoisotopic (exact) mass is 452 g/mol. The first-order chi connectivity index (χ1) is 12.3. The third-order valence-corrected chi connectivity index (χ3v) is 7.39. The predicted octanol–water partition coefficient (Wildman–Crippen LogP) is 4.70. The van der Waals surface area contributed by atoms with E-state index in [1.165, 1.54) is 22.7 Å². The second kappa shape index (κ2) is 7.38. The van der Waals surface area contributed by atoms with Crippen molar-refractivity contribution in [2.75, 3.05) is 22.4 Å². The maximum absolute atomic E-state index is 12.5. The van der Waals surface area contributed by atoms with Crippen molar-refractivity contribution in [1.29, 1.82) is 0 Å². The van der Waals surface area contributed by atoms with Crippen LogP contribution >= 0.6 is 27.3 Å². The van der Waals surface area contributed by atoms with Crippen LogP contribution in [0.4, 0.5) is 11.4 Å². The summed E-state index contributed by atoms with van der Waals surface area (Å²) in [5.41, 5.74) is 1.29. The van der Waals surface area contributed by atoms with E-state index in [1.54, 1.807) is 25.1 Å². The van der Waals surface area contributed by atoms with Crippen LogP contribution in [0.5, 0.6) is 0 Å². The molecule has 26 heavy (non-hydrogen) atoms. The minimum atomic E-state index is -3.32. The van der Waals surface area contributed by atoms with Crippen molar-refractivity contribution in [3.05, 3.63) is 57.9 Å². The summed E-state index contributed by atoms with van der Waals surface area (Å²) in [4.78, 5) is 13.0. The summed E-state index contributed by atoms with van der Waals surface area (Å²) < 4.78 is 27.2. The van der Waals surface area contributed by atoms with E-state index in [-0.39, 0.29) is 11.7 Å². The number of sulfonamides is 1. The number of nitrogens with one attached hydrogen (secondary N) is 1. The Bertz CT molecular complexity index is 1060. The maximum Gasteiger partial charge on any atom is 0.265 e. The number of anilines is 2. The lowest BCUT2D eigenvalue weighted by Crippen LogP contribution is -2.27. The maximum atomic E-state index is 12.5. The molecule has 0 unspecified atom stereocenters. The molecule has 5 nitrogen and oxygen atoms in total. The Morgan fingerprint density at radius 1 is 1.15 bits per heavy atom. The number of halogens is 1. The zero-order chi connectivity index (χ0) is 18.9. The molecule has 3 rings (SSSR count). The standard InChI is InChI=1S/C18H17BrN2O3S2/c1-3-26(23,24)21(2)15-8-9-16-12(10-15)11-17(25-16)18(22)20-14-6-4-13(19)5-7-14/h4-11H,3H2,1-2H3,(H,20,22). The lowest BCUT2D eigenvalue weighted by molar-refractivity contribution is 0.103. The van der Waals surface area contributed by atoms with E-state index < -0.39 is 10.0 Å². The molecule has 1 N–H and O–H groups in total. The average molecular weight is 453 g/mol. The van der Waals surface area contributed by atoms with Crippen molar-refractivity contribution in [2.45, 2.75) is 6.92 Å². The first-order valence-corrected chi connectivity index (χ1v) is 11.1. The second-order valence-electron chi connectivity index (χ2n) is 5.66. The Balaban J connectivity index is 1.87. The Kier molecular flexibility index (Phi) is 5.36. The number of hydrogen-bond donors (Lipinski definition) is 1. The van der Waals surface area contributed by atoms with E-state index in [1.807, 2.05) is 30.3 Å². The highest BCUT2D eigenvalue weighted by atomic mass is 79.9. The molecule has 136 valence electrons. The number of benzene rings is 2. The quantitative estimate of drug-likeness (QED) is 0.609. The van der Waals surface area contributed by atoms with Crippen LogP contribution in [0.3, 0.4) is 0 Å². The molecule has 8 heteroatoms. The van der Waals surface area contributed by atoms with Crippen LogP contribution in [0.25, 0.3) is 10.1 Å². The Hall–Kier alpha value is -1.90. The highest BCUT2D eigenvalue weighted by Crippen LogP contribution is 2.30. The average Bonchev–Trinajstić information content (AvgIpc) is 3.06. The lowest BCUT2D eigenvalue weighted by Gasteiger charge is -2.18. The summed E-state index contributed by atoms with van der Waals surface area (Å²) in [6.45, 7) is 1.61. The topological polar surface area (TPSA) is 66.5 Å². The van der Waals surface area contributed by atoms with Gasteiger partial charge in [0, 0.05) is 21.9 Å². The van der Waals surface area contributed by atoms with Crippen LogP contribution < -0.4 is 9.62 Å². The Labute approximate surface area is 164 Å². The van der Waals surface area contributed by atoms with Crippen molar-refractivity contribution < 1.29 is 13.2 Å². The molecule has 0 bridgehead atoms. The predicted molar refractivity (Wildman–Crippen MR) is 112 cm³/mol. The van der Waals surface area contributed by atoms with Crippen LogP contribution in [0.1, 0.15) is 16.6 Å². The van der Waals surface area contributed by atoms with Gasteiger partial charge < -0.3 is 5.32 Å². The summed E-state index contributed by atoms with van der Waals surface area (Å²) in [5.74, 6) is -0.156. The fourth-order valence-electron chi connectivity index (χ4n) is 2.42. The van der Waals surface area contributed by atoms with Gasteiger partial charge in [0.15, 0.2) is 0 Å². The van der Waals surface area contributed by atoms with E-state index in [0.29, 0.717) is 16.3 Å². The van der Waals surface area contributed by atoms with E-state index in [4.69, 9.17) is 0 Å². The van der Waals surface area contributed by atoms with E-state index in [0.717, 1.165) is 14.6 Å². The molecule has 0 saturated carbocycles. The Morgan fingerprint density at radius 2 is 1.85 bits per heavy atom. The smallest absolute Gasteiger partial charge is 0.265 e. The molecule has 1 heterocycles. The van der Waals surface area contributed by atoms with Gasteiger partial charge in [0.05, 0.1) is 16.3 Å².